The number of esters is 1. The summed E-state index contributed by atoms with van der Waals surface area (Å²) in [5.41, 5.74) is -1.19. The standard InChI is InChI=1S/C21H33N3O5/c1-23-3-5-24(6-4-23)12-16(17(25)26)22-18(27)20-8-14-7-15(9-20)11-21(10-14,13-20)19(28)29-2/h14-16H,3-13H2,1-2H3,(H,22,27)(H,25,26). The highest BCUT2D eigenvalue weighted by Gasteiger charge is 2.63. The molecule has 1 aliphatic heterocycles. The molecular formula is C21H33N3O5. The molecule has 5 rings (SSSR count). The van der Waals surface area contributed by atoms with Crippen LogP contribution < -0.4 is 5.32 Å². The smallest absolute Gasteiger partial charge is 0.327 e. The van der Waals surface area contributed by atoms with Crippen LogP contribution in [0.1, 0.15) is 38.5 Å². The second-order valence-corrected chi connectivity index (χ2v) is 9.98. The predicted molar refractivity (Wildman–Crippen MR) is 105 cm³/mol. The molecule has 0 aromatic rings. The van der Waals surface area contributed by atoms with E-state index in [0.717, 1.165) is 58.3 Å². The summed E-state index contributed by atoms with van der Waals surface area (Å²) in [6.45, 7) is 3.72. The summed E-state index contributed by atoms with van der Waals surface area (Å²) < 4.78 is 5.11. The van der Waals surface area contributed by atoms with Crippen LogP contribution in [-0.2, 0) is 19.1 Å². The number of carbonyl (C=O) groups is 3. The lowest BCUT2D eigenvalue weighted by molar-refractivity contribution is -0.182. The van der Waals surface area contributed by atoms with Gasteiger partial charge in [-0.1, -0.05) is 0 Å². The maximum absolute atomic E-state index is 13.4. The molecule has 4 aliphatic carbocycles. The average molecular weight is 408 g/mol. The highest BCUT2D eigenvalue weighted by atomic mass is 16.5. The van der Waals surface area contributed by atoms with E-state index in [1.165, 1.54) is 7.11 Å². The fourth-order valence-electron chi connectivity index (χ4n) is 6.77. The van der Waals surface area contributed by atoms with Gasteiger partial charge in [0.05, 0.1) is 17.9 Å². The maximum atomic E-state index is 13.4. The van der Waals surface area contributed by atoms with Crippen molar-refractivity contribution in [3.63, 3.8) is 0 Å². The lowest BCUT2D eigenvalue weighted by Gasteiger charge is -2.59. The van der Waals surface area contributed by atoms with Gasteiger partial charge in [-0.25, -0.2) is 4.79 Å². The summed E-state index contributed by atoms with van der Waals surface area (Å²) in [5.74, 6) is -0.675. The number of nitrogens with zero attached hydrogens (tertiary/aromatic N) is 2. The zero-order chi connectivity index (χ0) is 20.8. The fourth-order valence-corrected chi connectivity index (χ4v) is 6.77. The van der Waals surface area contributed by atoms with Crippen LogP contribution in [0.25, 0.3) is 0 Å². The fraction of sp³-hybridized carbons (Fsp3) is 0.857. The summed E-state index contributed by atoms with van der Waals surface area (Å²) in [6, 6.07) is -0.923. The molecule has 0 aromatic heterocycles. The highest BCUT2D eigenvalue weighted by Crippen LogP contribution is 2.65. The number of hydrogen-bond acceptors (Lipinski definition) is 6. The molecule has 2 N–H and O–H groups in total. The Morgan fingerprint density at radius 2 is 1.66 bits per heavy atom. The van der Waals surface area contributed by atoms with Crippen molar-refractivity contribution in [3.05, 3.63) is 0 Å². The Morgan fingerprint density at radius 1 is 1.07 bits per heavy atom. The van der Waals surface area contributed by atoms with E-state index in [9.17, 15) is 19.5 Å². The van der Waals surface area contributed by atoms with Gasteiger partial charge < -0.3 is 20.1 Å². The lowest BCUT2D eigenvalue weighted by Crippen LogP contribution is -2.62. The van der Waals surface area contributed by atoms with Crippen molar-refractivity contribution in [1.82, 2.24) is 15.1 Å². The molecule has 3 atom stereocenters. The number of ether oxygens (including phenoxy) is 1. The third-order valence-corrected chi connectivity index (χ3v) is 7.80. The number of carbonyl (C=O) groups excluding carboxylic acids is 2. The van der Waals surface area contributed by atoms with E-state index in [1.807, 2.05) is 0 Å². The van der Waals surface area contributed by atoms with Crippen LogP contribution in [0.2, 0.25) is 0 Å². The number of methoxy groups -OCH3 is 1. The molecule has 0 aromatic carbocycles. The van der Waals surface area contributed by atoms with Crippen LogP contribution in [0.15, 0.2) is 0 Å². The number of hydrogen-bond donors (Lipinski definition) is 2. The zero-order valence-corrected chi connectivity index (χ0v) is 17.5. The van der Waals surface area contributed by atoms with Crippen molar-refractivity contribution in [2.45, 2.75) is 44.6 Å². The largest absolute Gasteiger partial charge is 0.480 e. The quantitative estimate of drug-likeness (QED) is 0.621. The number of carboxylic acid groups (broad SMARTS) is 1. The molecule has 4 saturated carbocycles. The zero-order valence-electron chi connectivity index (χ0n) is 17.5. The van der Waals surface area contributed by atoms with Gasteiger partial charge in [-0.05, 0) is 57.4 Å². The molecule has 5 aliphatic rings. The molecular weight excluding hydrogens is 374 g/mol. The highest BCUT2D eigenvalue weighted by molar-refractivity contribution is 5.89. The molecule has 1 saturated heterocycles. The van der Waals surface area contributed by atoms with Crippen LogP contribution in [0, 0.1) is 22.7 Å². The molecule has 1 heterocycles. The van der Waals surface area contributed by atoms with Crippen LogP contribution in [-0.4, -0.2) is 85.7 Å². The van der Waals surface area contributed by atoms with Crippen molar-refractivity contribution < 1.29 is 24.2 Å². The molecule has 8 heteroatoms. The first kappa shape index (κ1) is 20.6. The Hall–Kier alpha value is -1.67. The van der Waals surface area contributed by atoms with Crippen molar-refractivity contribution in [2.24, 2.45) is 22.7 Å². The van der Waals surface area contributed by atoms with Crippen molar-refractivity contribution in [3.8, 4) is 0 Å². The van der Waals surface area contributed by atoms with E-state index in [-0.39, 0.29) is 11.9 Å². The third kappa shape index (κ3) is 3.77. The maximum Gasteiger partial charge on any atom is 0.327 e. The van der Waals surface area contributed by atoms with Crippen LogP contribution in [0.4, 0.5) is 0 Å². The molecule has 0 spiro atoms. The van der Waals surface area contributed by atoms with Gasteiger partial charge >= 0.3 is 11.9 Å². The minimum Gasteiger partial charge on any atom is -0.480 e. The van der Waals surface area contributed by atoms with Crippen LogP contribution >= 0.6 is 0 Å². The summed E-state index contributed by atoms with van der Waals surface area (Å²) in [7, 11) is 3.47. The minimum absolute atomic E-state index is 0.179. The van der Waals surface area contributed by atoms with Gasteiger partial charge in [-0.3, -0.25) is 14.5 Å². The number of piperazine rings is 1. The van der Waals surface area contributed by atoms with Gasteiger partial charge in [0.15, 0.2) is 0 Å². The normalized spacial score (nSPS) is 37.9. The number of nitrogens with one attached hydrogen (secondary N) is 1. The summed E-state index contributed by atoms with van der Waals surface area (Å²) in [6.07, 6.45) is 4.68. The van der Waals surface area contributed by atoms with E-state index in [0.29, 0.717) is 24.8 Å². The van der Waals surface area contributed by atoms with Gasteiger partial charge in [-0.15, -0.1) is 0 Å². The Morgan fingerprint density at radius 3 is 2.21 bits per heavy atom. The van der Waals surface area contributed by atoms with E-state index in [4.69, 9.17) is 4.74 Å². The van der Waals surface area contributed by atoms with Gasteiger partial charge in [0.1, 0.15) is 6.04 Å². The molecule has 3 unspecified atom stereocenters. The Labute approximate surface area is 171 Å². The van der Waals surface area contributed by atoms with Gasteiger partial charge in [0.25, 0.3) is 0 Å². The van der Waals surface area contributed by atoms with E-state index >= 15 is 0 Å². The molecule has 1 amide bonds. The minimum atomic E-state index is -0.996. The first-order valence-corrected chi connectivity index (χ1v) is 10.8. The van der Waals surface area contributed by atoms with Gasteiger partial charge in [0, 0.05) is 32.7 Å². The van der Waals surface area contributed by atoms with Crippen LogP contribution in [0.5, 0.6) is 0 Å². The molecule has 8 nitrogen and oxygen atoms in total. The second-order valence-electron chi connectivity index (χ2n) is 9.98. The summed E-state index contributed by atoms with van der Waals surface area (Å²) >= 11 is 0. The van der Waals surface area contributed by atoms with E-state index in [2.05, 4.69) is 22.2 Å². The number of rotatable bonds is 6. The first-order valence-electron chi connectivity index (χ1n) is 10.8. The number of aliphatic carboxylic acids is 1. The molecule has 0 radical (unpaired) electrons. The van der Waals surface area contributed by atoms with Crippen LogP contribution in [0.3, 0.4) is 0 Å². The molecule has 5 fully saturated rings. The first-order chi connectivity index (χ1) is 13.7. The molecule has 4 bridgehead atoms. The third-order valence-electron chi connectivity index (χ3n) is 7.80. The van der Waals surface area contributed by atoms with Gasteiger partial charge in [0.2, 0.25) is 5.91 Å². The molecule has 162 valence electrons. The Bertz CT molecular complexity index is 674. The summed E-state index contributed by atoms with van der Waals surface area (Å²) in [5, 5.41) is 12.6. The number of carboxylic acids is 1. The Kier molecular flexibility index (Phi) is 5.36. The Balaban J connectivity index is 1.47. The number of amides is 1. The predicted octanol–water partition coefficient (Wildman–Crippen LogP) is 0.563. The van der Waals surface area contributed by atoms with Crippen molar-refractivity contribution in [1.29, 1.82) is 0 Å². The average Bonchev–Trinajstić information content (AvgIpc) is 2.67. The van der Waals surface area contributed by atoms with E-state index < -0.39 is 22.8 Å². The van der Waals surface area contributed by atoms with Crippen molar-refractivity contribution in [2.75, 3.05) is 46.9 Å². The summed E-state index contributed by atoms with van der Waals surface area (Å²) in [4.78, 5) is 42.2. The topological polar surface area (TPSA) is 99.2 Å². The monoisotopic (exact) mass is 407 g/mol. The van der Waals surface area contributed by atoms with Gasteiger partial charge in [-0.2, -0.15) is 0 Å². The lowest BCUT2D eigenvalue weighted by atomic mass is 9.44. The van der Waals surface area contributed by atoms with Crippen molar-refractivity contribution >= 4 is 17.8 Å². The second kappa shape index (κ2) is 7.54. The SMILES string of the molecule is COC(=O)C12CC3CC(CC(C(=O)NC(CN4CCN(C)CC4)C(=O)O)(C3)C1)C2. The number of likely N-dealkylation sites (N-methyl/N-ethyl adjacent to an activating group) is 1. The van der Waals surface area contributed by atoms with E-state index in [1.54, 1.807) is 0 Å². The molecule has 29 heavy (non-hydrogen) atoms.